The number of aliphatic hydroxyl groups is 3. The van der Waals surface area contributed by atoms with Gasteiger partial charge in [0.25, 0.3) is 0 Å². The summed E-state index contributed by atoms with van der Waals surface area (Å²) in [5.41, 5.74) is 5.76. The number of carbonyl (C=O) groups is 4. The molecule has 0 bridgehead atoms. The van der Waals surface area contributed by atoms with Gasteiger partial charge >= 0.3 is 24.4 Å². The van der Waals surface area contributed by atoms with E-state index >= 15 is 0 Å². The van der Waals surface area contributed by atoms with E-state index in [1.807, 2.05) is 24.3 Å². The fraction of sp³-hybridized carbons (Fsp3) is 0.263. The molecule has 0 fully saturated rings. The highest BCUT2D eigenvalue weighted by molar-refractivity contribution is 5.86. The van der Waals surface area contributed by atoms with E-state index in [1.165, 1.54) is 7.11 Å². The maximum Gasteiger partial charge on any atom is 0.411 e. The van der Waals surface area contributed by atoms with Crippen LogP contribution in [0.1, 0.15) is 22.3 Å². The second-order valence-electron chi connectivity index (χ2n) is 11.8. The lowest BCUT2D eigenvalue weighted by molar-refractivity contribution is -0.206. The van der Waals surface area contributed by atoms with Crippen molar-refractivity contribution in [1.29, 1.82) is 0 Å². The summed E-state index contributed by atoms with van der Waals surface area (Å²) in [6, 6.07) is 28.2. The molecule has 0 saturated heterocycles. The van der Waals surface area contributed by atoms with E-state index in [0.29, 0.717) is 42.2 Å². The van der Waals surface area contributed by atoms with Crippen molar-refractivity contribution in [3.63, 3.8) is 0 Å². The van der Waals surface area contributed by atoms with Crippen LogP contribution in [0.5, 0.6) is 0 Å². The minimum absolute atomic E-state index is 0.0942. The molecule has 0 heterocycles. The normalized spacial score (nSPS) is 10.8. The molecule has 16 nitrogen and oxygen atoms in total. The molecule has 0 atom stereocenters. The van der Waals surface area contributed by atoms with Crippen LogP contribution in [0, 0.1) is 0 Å². The van der Waals surface area contributed by atoms with Gasteiger partial charge in [0, 0.05) is 29.9 Å². The van der Waals surface area contributed by atoms with Crippen LogP contribution in [0.2, 0.25) is 0 Å². The van der Waals surface area contributed by atoms with Gasteiger partial charge in [-0.25, -0.2) is 19.2 Å². The number of hydrogen-bond donors (Lipinski definition) is 7. The van der Waals surface area contributed by atoms with Gasteiger partial charge in [-0.05, 0) is 83.6 Å². The molecule has 16 heteroatoms. The number of amides is 4. The van der Waals surface area contributed by atoms with Crippen LogP contribution in [0.4, 0.5) is 41.9 Å². The number of methoxy groups -OCH3 is 1. The van der Waals surface area contributed by atoms with Gasteiger partial charge in [0.2, 0.25) is 5.79 Å². The molecule has 7 N–H and O–H groups in total. The summed E-state index contributed by atoms with van der Waals surface area (Å²) >= 11 is 0. The number of anilines is 4. The Morgan fingerprint density at radius 1 is 0.481 bits per heavy atom. The van der Waals surface area contributed by atoms with Crippen molar-refractivity contribution < 1.29 is 58.2 Å². The van der Waals surface area contributed by atoms with Gasteiger partial charge in [-0.3, -0.25) is 21.3 Å². The Morgan fingerprint density at radius 3 is 1.07 bits per heavy atom. The quantitative estimate of drug-likeness (QED) is 0.0427. The van der Waals surface area contributed by atoms with Gasteiger partial charge in [0.1, 0.15) is 13.2 Å². The van der Waals surface area contributed by atoms with Crippen LogP contribution in [0.25, 0.3) is 0 Å². The fourth-order valence-corrected chi connectivity index (χ4v) is 4.67. The van der Waals surface area contributed by atoms with Gasteiger partial charge in [-0.15, -0.1) is 0 Å². The molecular formula is C38H42N4O12. The molecule has 0 aliphatic heterocycles. The topological polar surface area (TPSA) is 223 Å². The number of carbonyl (C=O) groups excluding carboxylic acids is 4. The number of aliphatic hydroxyl groups excluding tert-OH is 1. The Hall–Kier alpha value is -6.20. The largest absolute Gasteiger partial charge is 0.447 e. The van der Waals surface area contributed by atoms with Crippen LogP contribution in [0.15, 0.2) is 97.1 Å². The van der Waals surface area contributed by atoms with E-state index < -0.39 is 43.4 Å². The molecule has 4 amide bonds. The van der Waals surface area contributed by atoms with Crippen LogP contribution < -0.4 is 21.3 Å². The van der Waals surface area contributed by atoms with E-state index in [0.717, 1.165) is 22.3 Å². The molecule has 0 spiro atoms. The zero-order valence-electron chi connectivity index (χ0n) is 29.4. The molecule has 0 aromatic heterocycles. The molecule has 0 saturated carbocycles. The SMILES string of the molecule is COCCOC(=O)Nc1ccc(Cc2ccc(NC(=O)OCC(O)(O)COC(=O)Nc3ccc(Cc4ccc(NC(=O)OCCO)cc4)cc3)cc2)cc1. The average Bonchev–Trinajstić information content (AvgIpc) is 3.16. The lowest BCUT2D eigenvalue weighted by atomic mass is 10.0. The van der Waals surface area contributed by atoms with Gasteiger partial charge in [-0.2, -0.15) is 0 Å². The molecule has 0 unspecified atom stereocenters. The third kappa shape index (κ3) is 14.8. The van der Waals surface area contributed by atoms with Crippen LogP contribution in [0.3, 0.4) is 0 Å². The molecular weight excluding hydrogens is 704 g/mol. The summed E-state index contributed by atoms with van der Waals surface area (Å²) < 4.78 is 24.4. The van der Waals surface area contributed by atoms with Crippen molar-refractivity contribution >= 4 is 47.1 Å². The van der Waals surface area contributed by atoms with E-state index in [4.69, 9.17) is 28.8 Å². The van der Waals surface area contributed by atoms with E-state index in [2.05, 4.69) is 21.3 Å². The molecule has 4 rings (SSSR count). The molecule has 4 aromatic carbocycles. The van der Waals surface area contributed by atoms with Gasteiger partial charge in [-0.1, -0.05) is 48.5 Å². The Bertz CT molecular complexity index is 1800. The van der Waals surface area contributed by atoms with Crippen molar-refractivity contribution in [1.82, 2.24) is 0 Å². The molecule has 0 aliphatic rings. The second-order valence-corrected chi connectivity index (χ2v) is 11.8. The van der Waals surface area contributed by atoms with Crippen molar-refractivity contribution in [3.8, 4) is 0 Å². The second kappa shape index (κ2) is 20.7. The highest BCUT2D eigenvalue weighted by Crippen LogP contribution is 2.18. The summed E-state index contributed by atoms with van der Waals surface area (Å²) in [4.78, 5) is 47.9. The summed E-state index contributed by atoms with van der Waals surface area (Å²) in [6.45, 7) is -1.65. The number of nitrogens with one attached hydrogen (secondary N) is 4. The first-order valence-corrected chi connectivity index (χ1v) is 16.7. The van der Waals surface area contributed by atoms with E-state index in [9.17, 15) is 29.4 Å². The van der Waals surface area contributed by atoms with Crippen LogP contribution >= 0.6 is 0 Å². The highest BCUT2D eigenvalue weighted by atomic mass is 16.6. The zero-order chi connectivity index (χ0) is 38.8. The third-order valence-corrected chi connectivity index (χ3v) is 7.33. The van der Waals surface area contributed by atoms with Crippen LogP contribution in [-0.4, -0.2) is 92.2 Å². The zero-order valence-corrected chi connectivity index (χ0v) is 29.4. The van der Waals surface area contributed by atoms with Crippen LogP contribution in [-0.2, 0) is 36.5 Å². The smallest absolute Gasteiger partial charge is 0.411 e. The summed E-state index contributed by atoms with van der Waals surface area (Å²) in [5, 5.41) is 39.2. The monoisotopic (exact) mass is 746 g/mol. The predicted molar refractivity (Wildman–Crippen MR) is 197 cm³/mol. The molecule has 4 aromatic rings. The fourth-order valence-electron chi connectivity index (χ4n) is 4.67. The van der Waals surface area contributed by atoms with Gasteiger partial charge < -0.3 is 39.0 Å². The van der Waals surface area contributed by atoms with Crippen molar-refractivity contribution in [3.05, 3.63) is 119 Å². The minimum Gasteiger partial charge on any atom is -0.447 e. The number of rotatable bonds is 17. The number of hydrogen-bond acceptors (Lipinski definition) is 12. The Labute approximate surface area is 311 Å². The van der Waals surface area contributed by atoms with Crippen molar-refractivity contribution in [2.45, 2.75) is 18.6 Å². The summed E-state index contributed by atoms with van der Waals surface area (Å²) in [5.74, 6) is -2.65. The maximum absolute atomic E-state index is 12.3. The van der Waals surface area contributed by atoms with E-state index in [-0.39, 0.29) is 19.8 Å². The van der Waals surface area contributed by atoms with Crippen molar-refractivity contribution in [2.24, 2.45) is 0 Å². The standard InChI is InChI=1S/C38H42N4O12/c1-50-20-21-52-35(45)40-31-12-4-27(5-13-31)23-29-8-16-33(17-9-29)42-37(47)54-25-38(48,49)24-53-36(46)41-32-14-6-28(7-15-32)22-26-2-10-30(11-3-26)39-34(44)51-19-18-43/h2-17,43,48-49H,18-25H2,1H3,(H,39,44)(H,40,45)(H,41,46)(H,42,47). The van der Waals surface area contributed by atoms with Gasteiger partial charge in [0.15, 0.2) is 13.2 Å². The average molecular weight is 747 g/mol. The lowest BCUT2D eigenvalue weighted by Crippen LogP contribution is -2.41. The van der Waals surface area contributed by atoms with E-state index in [1.54, 1.807) is 72.8 Å². The first kappa shape index (κ1) is 40.6. The highest BCUT2D eigenvalue weighted by Gasteiger charge is 2.28. The molecule has 0 radical (unpaired) electrons. The Kier molecular flexibility index (Phi) is 15.6. The summed E-state index contributed by atoms with van der Waals surface area (Å²) in [6.07, 6.45) is -1.98. The Balaban J connectivity index is 1.13. The molecule has 54 heavy (non-hydrogen) atoms. The lowest BCUT2D eigenvalue weighted by Gasteiger charge is -2.21. The number of benzene rings is 4. The summed E-state index contributed by atoms with van der Waals surface area (Å²) in [7, 11) is 1.52. The predicted octanol–water partition coefficient (Wildman–Crippen LogP) is 5.08. The third-order valence-electron chi connectivity index (χ3n) is 7.33. The Morgan fingerprint density at radius 2 is 0.778 bits per heavy atom. The van der Waals surface area contributed by atoms with Crippen molar-refractivity contribution in [2.75, 3.05) is 68.0 Å². The maximum atomic E-state index is 12.3. The first-order chi connectivity index (χ1) is 26.0. The molecule has 0 aliphatic carbocycles. The molecule has 286 valence electrons. The minimum atomic E-state index is -2.65. The first-order valence-electron chi connectivity index (χ1n) is 16.7. The number of ether oxygens (including phenoxy) is 5. The van der Waals surface area contributed by atoms with Gasteiger partial charge in [0.05, 0.1) is 13.2 Å².